The number of carboxylic acids is 1. The highest BCUT2D eigenvalue weighted by Gasteiger charge is 2.33. The van der Waals surface area contributed by atoms with E-state index < -0.39 is 18.2 Å². The average molecular weight is 174 g/mol. The molecule has 1 fully saturated rings. The van der Waals surface area contributed by atoms with E-state index in [1.165, 1.54) is 4.90 Å². The molecule has 2 atom stereocenters. The minimum absolute atomic E-state index is 0.461. The number of hydrogen-bond acceptors (Lipinski definition) is 4. The van der Waals surface area contributed by atoms with Crippen LogP contribution in [0, 0.1) is 0 Å². The summed E-state index contributed by atoms with van der Waals surface area (Å²) in [6.07, 6.45) is -0.676. The summed E-state index contributed by atoms with van der Waals surface area (Å²) in [4.78, 5) is 14.0. The molecule has 5 nitrogen and oxygen atoms in total. The molecule has 0 amide bonds. The fraction of sp³-hybridized carbons (Fsp3) is 0.857. The maximum absolute atomic E-state index is 10.7. The lowest BCUT2D eigenvalue weighted by molar-refractivity contribution is -0.153. The highest BCUT2D eigenvalue weighted by Crippen LogP contribution is 2.10. The minimum atomic E-state index is -0.886. The predicted octanol–water partition coefficient (Wildman–Crippen LogP) is -1.36. The topological polar surface area (TPSA) is 64.0 Å². The van der Waals surface area contributed by atoms with Crippen LogP contribution in [0.4, 0.5) is 0 Å². The molecule has 5 heteroatoms. The Morgan fingerprint density at radius 2 is 2.00 bits per heavy atom. The molecule has 1 saturated heterocycles. The molecule has 12 heavy (non-hydrogen) atoms. The molecule has 0 aromatic rings. The van der Waals surface area contributed by atoms with Crippen LogP contribution in [0.1, 0.15) is 0 Å². The van der Waals surface area contributed by atoms with Crippen LogP contribution in [-0.4, -0.2) is 65.4 Å². The highest BCUT2D eigenvalue weighted by molar-refractivity contribution is 5.73. The predicted molar refractivity (Wildman–Crippen MR) is 42.7 cm³/mol. The Kier molecular flexibility index (Phi) is 2.66. The first-order valence-electron chi connectivity index (χ1n) is 3.83. The molecule has 0 bridgehead atoms. The van der Waals surface area contributed by atoms with Gasteiger partial charge in [0.05, 0.1) is 0 Å². The van der Waals surface area contributed by atoms with Gasteiger partial charge in [-0.15, -0.1) is 0 Å². The van der Waals surface area contributed by atoms with Gasteiger partial charge in [-0.25, -0.2) is 0 Å². The van der Waals surface area contributed by atoms with E-state index in [4.69, 9.17) is 5.11 Å². The molecule has 1 aliphatic rings. The number of aliphatic hydroxyl groups excluding tert-OH is 1. The Labute approximate surface area is 71.2 Å². The van der Waals surface area contributed by atoms with Crippen LogP contribution in [0.2, 0.25) is 0 Å². The molecule has 1 rings (SSSR count). The first-order valence-corrected chi connectivity index (χ1v) is 3.83. The second-order valence-electron chi connectivity index (χ2n) is 3.22. The van der Waals surface area contributed by atoms with E-state index in [2.05, 4.69) is 0 Å². The maximum atomic E-state index is 10.7. The normalized spacial score (nSPS) is 33.6. The van der Waals surface area contributed by atoms with Crippen molar-refractivity contribution in [2.45, 2.75) is 12.3 Å². The number of likely N-dealkylation sites (N-methyl/N-ethyl adjacent to an activating group) is 2. The van der Waals surface area contributed by atoms with Crippen LogP contribution in [-0.2, 0) is 4.79 Å². The van der Waals surface area contributed by atoms with Crippen LogP contribution in [0.3, 0.4) is 0 Å². The SMILES string of the molecule is CN1CC(O)N(C)[C@H](C(=O)O)C1. The second-order valence-corrected chi connectivity index (χ2v) is 3.22. The number of aliphatic carboxylic acids is 1. The monoisotopic (exact) mass is 174 g/mol. The summed E-state index contributed by atoms with van der Waals surface area (Å²) in [6.45, 7) is 0.961. The van der Waals surface area contributed by atoms with Crippen molar-refractivity contribution in [3.63, 3.8) is 0 Å². The Hall–Kier alpha value is -0.650. The highest BCUT2D eigenvalue weighted by atomic mass is 16.4. The molecular weight excluding hydrogens is 160 g/mol. The largest absolute Gasteiger partial charge is 0.480 e. The van der Waals surface area contributed by atoms with Gasteiger partial charge in [-0.2, -0.15) is 0 Å². The van der Waals surface area contributed by atoms with Gasteiger partial charge in [-0.3, -0.25) is 9.69 Å². The van der Waals surface area contributed by atoms with Gasteiger partial charge in [0, 0.05) is 13.1 Å². The third-order valence-corrected chi connectivity index (χ3v) is 2.21. The lowest BCUT2D eigenvalue weighted by Crippen LogP contribution is -2.58. The quantitative estimate of drug-likeness (QED) is 0.514. The first-order chi connectivity index (χ1) is 5.52. The molecule has 0 aliphatic carbocycles. The third-order valence-electron chi connectivity index (χ3n) is 2.21. The van der Waals surface area contributed by atoms with Crippen molar-refractivity contribution in [3.05, 3.63) is 0 Å². The van der Waals surface area contributed by atoms with Gasteiger partial charge in [-0.1, -0.05) is 0 Å². The number of aliphatic hydroxyl groups is 1. The van der Waals surface area contributed by atoms with Crippen LogP contribution in [0.15, 0.2) is 0 Å². The van der Waals surface area contributed by atoms with Crippen molar-refractivity contribution < 1.29 is 15.0 Å². The third kappa shape index (κ3) is 1.74. The van der Waals surface area contributed by atoms with Crippen molar-refractivity contribution in [2.24, 2.45) is 0 Å². The van der Waals surface area contributed by atoms with Crippen molar-refractivity contribution in [1.29, 1.82) is 0 Å². The number of β-amino-alcohol motifs (C(OH)–C–C–N with tert-alkyl or cyclic N) is 1. The lowest BCUT2D eigenvalue weighted by Gasteiger charge is -2.38. The molecule has 0 aromatic heterocycles. The number of hydrogen-bond donors (Lipinski definition) is 2. The Bertz CT molecular complexity index is 185. The Morgan fingerprint density at radius 3 is 2.50 bits per heavy atom. The van der Waals surface area contributed by atoms with E-state index in [1.54, 1.807) is 14.1 Å². The van der Waals surface area contributed by atoms with Crippen molar-refractivity contribution in [2.75, 3.05) is 27.2 Å². The molecule has 1 aliphatic heterocycles. The minimum Gasteiger partial charge on any atom is -0.480 e. The summed E-state index contributed by atoms with van der Waals surface area (Å²) in [5, 5.41) is 18.2. The molecule has 2 N–H and O–H groups in total. The molecule has 0 aromatic carbocycles. The lowest BCUT2D eigenvalue weighted by atomic mass is 10.2. The van der Waals surface area contributed by atoms with Gasteiger partial charge in [0.15, 0.2) is 0 Å². The van der Waals surface area contributed by atoms with Gasteiger partial charge >= 0.3 is 5.97 Å². The van der Waals surface area contributed by atoms with Gasteiger partial charge < -0.3 is 15.1 Å². The number of carboxylic acid groups (broad SMARTS) is 1. The summed E-state index contributed by atoms with van der Waals surface area (Å²) in [6, 6.07) is -0.598. The Balaban J connectivity index is 2.66. The van der Waals surface area contributed by atoms with E-state index in [1.807, 2.05) is 4.90 Å². The average Bonchev–Trinajstić information content (AvgIpc) is 1.96. The molecular formula is C7H14N2O3. The number of nitrogens with zero attached hydrogens (tertiary/aromatic N) is 2. The fourth-order valence-corrected chi connectivity index (χ4v) is 1.37. The van der Waals surface area contributed by atoms with Crippen molar-refractivity contribution >= 4 is 5.97 Å². The summed E-state index contributed by atoms with van der Waals surface area (Å²) < 4.78 is 0. The van der Waals surface area contributed by atoms with Crippen molar-refractivity contribution in [1.82, 2.24) is 9.80 Å². The van der Waals surface area contributed by atoms with Crippen LogP contribution < -0.4 is 0 Å². The summed E-state index contributed by atoms with van der Waals surface area (Å²) in [5.41, 5.74) is 0. The van der Waals surface area contributed by atoms with Gasteiger partial charge in [0.1, 0.15) is 12.3 Å². The number of rotatable bonds is 1. The smallest absolute Gasteiger partial charge is 0.322 e. The summed E-state index contributed by atoms with van der Waals surface area (Å²) in [5.74, 6) is -0.886. The molecule has 1 unspecified atom stereocenters. The zero-order chi connectivity index (χ0) is 9.30. The standard InChI is InChI=1S/C7H14N2O3/c1-8-3-5(7(11)12)9(2)6(10)4-8/h5-6,10H,3-4H2,1-2H3,(H,11,12)/t5-,6?/m0/s1. The van der Waals surface area contributed by atoms with E-state index in [0.717, 1.165) is 0 Å². The van der Waals surface area contributed by atoms with E-state index >= 15 is 0 Å². The van der Waals surface area contributed by atoms with Crippen LogP contribution >= 0.6 is 0 Å². The van der Waals surface area contributed by atoms with Crippen LogP contribution in [0.25, 0.3) is 0 Å². The van der Waals surface area contributed by atoms with E-state index in [-0.39, 0.29) is 0 Å². The molecule has 0 spiro atoms. The van der Waals surface area contributed by atoms with Gasteiger partial charge in [-0.05, 0) is 14.1 Å². The molecule has 0 radical (unpaired) electrons. The summed E-state index contributed by atoms with van der Waals surface area (Å²) >= 11 is 0. The van der Waals surface area contributed by atoms with Gasteiger partial charge in [0.2, 0.25) is 0 Å². The zero-order valence-corrected chi connectivity index (χ0v) is 7.27. The zero-order valence-electron chi connectivity index (χ0n) is 7.27. The van der Waals surface area contributed by atoms with Gasteiger partial charge in [0.25, 0.3) is 0 Å². The maximum Gasteiger partial charge on any atom is 0.322 e. The Morgan fingerprint density at radius 1 is 1.42 bits per heavy atom. The number of carbonyl (C=O) groups is 1. The van der Waals surface area contributed by atoms with E-state index in [0.29, 0.717) is 13.1 Å². The molecule has 70 valence electrons. The molecule has 1 heterocycles. The van der Waals surface area contributed by atoms with Crippen LogP contribution in [0.5, 0.6) is 0 Å². The van der Waals surface area contributed by atoms with E-state index in [9.17, 15) is 9.90 Å². The number of piperazine rings is 1. The molecule has 0 saturated carbocycles. The first kappa shape index (κ1) is 9.44. The summed E-state index contributed by atoms with van der Waals surface area (Å²) in [7, 11) is 3.42. The second kappa shape index (κ2) is 3.38. The fourth-order valence-electron chi connectivity index (χ4n) is 1.37. The van der Waals surface area contributed by atoms with Crippen molar-refractivity contribution in [3.8, 4) is 0 Å².